The zero-order valence-corrected chi connectivity index (χ0v) is 22.7. The fraction of sp³-hybridized carbons (Fsp3) is 0.679. The van der Waals surface area contributed by atoms with Crippen LogP contribution in [0.25, 0.3) is 0 Å². The summed E-state index contributed by atoms with van der Waals surface area (Å²) in [6, 6.07) is 4.61. The highest BCUT2D eigenvalue weighted by Gasteiger charge is 2.18. The Morgan fingerprint density at radius 2 is 1.88 bits per heavy atom. The second kappa shape index (κ2) is 16.1. The van der Waals surface area contributed by atoms with Crippen LogP contribution in [0.5, 0.6) is 0 Å². The predicted molar refractivity (Wildman–Crippen MR) is 145 cm³/mol. The zero-order chi connectivity index (χ0) is 24.8. The molecule has 2 aliphatic rings. The van der Waals surface area contributed by atoms with E-state index in [0.717, 1.165) is 34.9 Å². The van der Waals surface area contributed by atoms with Crippen LogP contribution in [0.1, 0.15) is 79.2 Å². The van der Waals surface area contributed by atoms with Crippen molar-refractivity contribution < 1.29 is 4.79 Å². The van der Waals surface area contributed by atoms with Crippen LogP contribution in [0.4, 0.5) is 0 Å². The number of aromatic nitrogens is 2. The van der Waals surface area contributed by atoms with Gasteiger partial charge in [-0.25, -0.2) is 4.98 Å². The van der Waals surface area contributed by atoms with Crippen LogP contribution in [0, 0.1) is 18.8 Å². The Kier molecular flexibility index (Phi) is 13.6. The molecule has 0 aromatic carbocycles. The number of aryl methyl sites for hydroxylation is 1. The molecule has 2 N–H and O–H groups in total. The number of pyridine rings is 1. The lowest BCUT2D eigenvalue weighted by Gasteiger charge is -2.26. The molecule has 5 nitrogen and oxygen atoms in total. The molecule has 34 heavy (non-hydrogen) atoms. The molecule has 0 radical (unpaired) electrons. The van der Waals surface area contributed by atoms with Crippen molar-refractivity contribution in [3.8, 4) is 0 Å². The van der Waals surface area contributed by atoms with Gasteiger partial charge in [-0.3, -0.25) is 4.98 Å². The average Bonchev–Trinajstić information content (AvgIpc) is 3.15. The third-order valence-corrected chi connectivity index (χ3v) is 7.57. The van der Waals surface area contributed by atoms with Gasteiger partial charge in [0.1, 0.15) is 6.29 Å². The van der Waals surface area contributed by atoms with Crippen molar-refractivity contribution >= 4 is 17.6 Å². The number of carbonyl (C=O) groups excluding carboxylic acids is 1. The number of nitrogens with two attached hydrogens (primary N) is 1. The third kappa shape index (κ3) is 10.3. The summed E-state index contributed by atoms with van der Waals surface area (Å²) in [6.07, 6.45) is 15.4. The molecule has 1 aliphatic carbocycles. The first-order valence-electron chi connectivity index (χ1n) is 13.2. The smallest absolute Gasteiger partial charge is 0.125 e. The van der Waals surface area contributed by atoms with Gasteiger partial charge in [0.2, 0.25) is 0 Å². The van der Waals surface area contributed by atoms with Gasteiger partial charge in [0.15, 0.2) is 0 Å². The first-order valence-corrected chi connectivity index (χ1v) is 14.0. The summed E-state index contributed by atoms with van der Waals surface area (Å²) < 4.78 is 0. The predicted octanol–water partition coefficient (Wildman–Crippen LogP) is 5.42. The number of rotatable bonds is 7. The van der Waals surface area contributed by atoms with Crippen LogP contribution >= 0.6 is 11.3 Å². The van der Waals surface area contributed by atoms with E-state index in [-0.39, 0.29) is 0 Å². The van der Waals surface area contributed by atoms with Crippen molar-refractivity contribution in [3.63, 3.8) is 0 Å². The Labute approximate surface area is 211 Å². The molecule has 3 heterocycles. The molecule has 0 spiro atoms. The molecule has 6 heteroatoms. The molecular formula is C28H46N4OS. The molecule has 4 rings (SSSR count). The second-order valence-electron chi connectivity index (χ2n) is 9.86. The maximum absolute atomic E-state index is 9.96. The Morgan fingerprint density at radius 3 is 2.53 bits per heavy atom. The second-order valence-corrected chi connectivity index (χ2v) is 11.2. The largest absolute Gasteiger partial charge is 0.333 e. The summed E-state index contributed by atoms with van der Waals surface area (Å²) in [5, 5.41) is 1.02. The van der Waals surface area contributed by atoms with Crippen molar-refractivity contribution in [3.05, 3.63) is 45.2 Å². The summed E-state index contributed by atoms with van der Waals surface area (Å²) in [5.74, 6) is 1.70. The van der Waals surface area contributed by atoms with Crippen LogP contribution in [0.2, 0.25) is 0 Å². The number of hydrogen-bond acceptors (Lipinski definition) is 6. The van der Waals surface area contributed by atoms with Gasteiger partial charge in [0.05, 0.1) is 5.01 Å². The summed E-state index contributed by atoms with van der Waals surface area (Å²) in [4.78, 5) is 22.7. The van der Waals surface area contributed by atoms with E-state index in [1.807, 2.05) is 6.92 Å². The first kappa shape index (κ1) is 28.6. The molecule has 1 fully saturated rings. The van der Waals surface area contributed by atoms with Gasteiger partial charge < -0.3 is 15.4 Å². The van der Waals surface area contributed by atoms with Crippen LogP contribution in [-0.4, -0.2) is 47.8 Å². The van der Waals surface area contributed by atoms with Gasteiger partial charge in [-0.1, -0.05) is 52.0 Å². The molecular weight excluding hydrogens is 440 g/mol. The SMILES string of the molecule is CC(C)Cc1ccc2c(n1)CCN(CCC1CCCCC1)CC2.CN.Cc1ncc(CC=O)s1. The minimum absolute atomic E-state index is 0.505. The fourth-order valence-corrected chi connectivity index (χ4v) is 5.59. The lowest BCUT2D eigenvalue weighted by atomic mass is 9.87. The summed E-state index contributed by atoms with van der Waals surface area (Å²) in [7, 11) is 1.50. The monoisotopic (exact) mass is 486 g/mol. The molecule has 0 bridgehead atoms. The lowest BCUT2D eigenvalue weighted by molar-refractivity contribution is -0.107. The van der Waals surface area contributed by atoms with Crippen molar-refractivity contribution in [2.45, 2.75) is 85.0 Å². The normalized spacial score (nSPS) is 16.5. The van der Waals surface area contributed by atoms with Crippen molar-refractivity contribution in [1.82, 2.24) is 14.9 Å². The molecule has 2 aromatic rings. The van der Waals surface area contributed by atoms with Gasteiger partial charge in [0, 0.05) is 48.4 Å². The molecule has 190 valence electrons. The van der Waals surface area contributed by atoms with E-state index < -0.39 is 0 Å². The first-order chi connectivity index (χ1) is 16.5. The standard InChI is InChI=1S/C21H34N2.C6H7NOS.CH5N/c1-17(2)16-20-9-8-19-11-14-23(15-12-21(19)22-20)13-10-18-6-4-3-5-7-18;1-5-7-4-6(9-5)2-3-8;1-2/h8-9,17-18H,3-7,10-16H2,1-2H3;3-4H,2H2,1H3;2H2,1H3. The fourth-order valence-electron chi connectivity index (χ4n) is 4.85. The van der Waals surface area contributed by atoms with E-state index in [1.165, 1.54) is 88.6 Å². The summed E-state index contributed by atoms with van der Waals surface area (Å²) >= 11 is 1.57. The highest BCUT2D eigenvalue weighted by atomic mass is 32.1. The van der Waals surface area contributed by atoms with Crippen LogP contribution < -0.4 is 5.73 Å². The molecule has 2 aromatic heterocycles. The van der Waals surface area contributed by atoms with Crippen molar-refractivity contribution in [2.24, 2.45) is 17.6 Å². The van der Waals surface area contributed by atoms with Gasteiger partial charge in [-0.15, -0.1) is 11.3 Å². The van der Waals surface area contributed by atoms with E-state index in [2.05, 4.69) is 41.6 Å². The minimum Gasteiger partial charge on any atom is -0.333 e. The number of hydrogen-bond donors (Lipinski definition) is 1. The van der Waals surface area contributed by atoms with Gasteiger partial charge >= 0.3 is 0 Å². The number of carbonyl (C=O) groups is 1. The topological polar surface area (TPSA) is 72.1 Å². The molecule has 1 aliphatic heterocycles. The zero-order valence-electron chi connectivity index (χ0n) is 21.9. The van der Waals surface area contributed by atoms with E-state index in [1.54, 1.807) is 17.5 Å². The van der Waals surface area contributed by atoms with E-state index in [4.69, 9.17) is 4.98 Å². The number of nitrogens with zero attached hydrogens (tertiary/aromatic N) is 3. The Morgan fingerprint density at radius 1 is 1.15 bits per heavy atom. The van der Waals surface area contributed by atoms with Crippen molar-refractivity contribution in [1.29, 1.82) is 0 Å². The van der Waals surface area contributed by atoms with Crippen LogP contribution in [-0.2, 0) is 30.5 Å². The summed E-state index contributed by atoms with van der Waals surface area (Å²) in [6.45, 7) is 10.2. The molecule has 0 atom stereocenters. The van der Waals surface area contributed by atoms with E-state index in [0.29, 0.717) is 12.3 Å². The van der Waals surface area contributed by atoms with Gasteiger partial charge in [0.25, 0.3) is 0 Å². The maximum Gasteiger partial charge on any atom is 0.125 e. The molecule has 0 unspecified atom stereocenters. The quantitative estimate of drug-likeness (QED) is 0.529. The van der Waals surface area contributed by atoms with Crippen molar-refractivity contribution in [2.75, 3.05) is 26.7 Å². The average molecular weight is 487 g/mol. The third-order valence-electron chi connectivity index (χ3n) is 6.64. The van der Waals surface area contributed by atoms with Crippen LogP contribution in [0.3, 0.4) is 0 Å². The Hall–Kier alpha value is -1.63. The Bertz CT molecular complexity index is 830. The number of aldehydes is 1. The molecule has 1 saturated carbocycles. The molecule has 0 amide bonds. The number of thiazole rings is 1. The van der Waals surface area contributed by atoms with Gasteiger partial charge in [-0.2, -0.15) is 0 Å². The van der Waals surface area contributed by atoms with E-state index >= 15 is 0 Å². The maximum atomic E-state index is 9.96. The highest BCUT2D eigenvalue weighted by molar-refractivity contribution is 7.11. The summed E-state index contributed by atoms with van der Waals surface area (Å²) in [5.41, 5.74) is 8.66. The Balaban J connectivity index is 0.000000311. The highest BCUT2D eigenvalue weighted by Crippen LogP contribution is 2.27. The van der Waals surface area contributed by atoms with Gasteiger partial charge in [-0.05, 0) is 63.2 Å². The van der Waals surface area contributed by atoms with E-state index in [9.17, 15) is 4.79 Å². The molecule has 0 saturated heterocycles. The minimum atomic E-state index is 0.505. The van der Waals surface area contributed by atoms with Crippen LogP contribution in [0.15, 0.2) is 18.3 Å². The lowest BCUT2D eigenvalue weighted by Crippen LogP contribution is -2.29. The number of fused-ring (bicyclic) bond motifs is 1.